The van der Waals surface area contributed by atoms with Crippen molar-refractivity contribution in [2.24, 2.45) is 23.7 Å². The number of anilines is 2. The van der Waals surface area contributed by atoms with Gasteiger partial charge in [-0.25, -0.2) is 9.59 Å². The molecule has 4 rings (SSSR count). The van der Waals surface area contributed by atoms with Crippen LogP contribution in [0.4, 0.5) is 11.4 Å². The topological polar surface area (TPSA) is 119 Å². The number of carbonyl (C=O) groups excluding carboxylic acids is 5. The summed E-state index contributed by atoms with van der Waals surface area (Å²) in [7, 11) is 0. The second-order valence-electron chi connectivity index (χ2n) is 9.91. The van der Waals surface area contributed by atoms with Crippen molar-refractivity contribution < 1.29 is 33.4 Å². The van der Waals surface area contributed by atoms with Crippen LogP contribution in [0, 0.1) is 23.7 Å². The van der Waals surface area contributed by atoms with Gasteiger partial charge in [0.25, 0.3) is 5.91 Å². The molecule has 1 aliphatic heterocycles. The standard InChI is InChI=1S/C29H30N2O7/c1-17(2)15-37-28(35)19-7-11-21(12-8-19)30-24(32)16-38-29(36)20-9-13-22(14-10-20)31-26(33)23-6-4-5-18(3)25(23)27(31)34/h4-5,7-14,17-18,23,25H,6,15-16H2,1-3H3,(H,30,32)/t18-,23+,25+/m0/s1. The third-order valence-electron chi connectivity index (χ3n) is 6.52. The van der Waals surface area contributed by atoms with Crippen LogP contribution in [0.3, 0.4) is 0 Å². The molecule has 0 aromatic heterocycles. The fourth-order valence-corrected chi connectivity index (χ4v) is 4.58. The summed E-state index contributed by atoms with van der Waals surface area (Å²) in [5.41, 5.74) is 1.37. The van der Waals surface area contributed by atoms with Gasteiger partial charge < -0.3 is 14.8 Å². The fourth-order valence-electron chi connectivity index (χ4n) is 4.58. The van der Waals surface area contributed by atoms with E-state index in [9.17, 15) is 24.0 Å². The second-order valence-corrected chi connectivity index (χ2v) is 9.91. The van der Waals surface area contributed by atoms with Crippen molar-refractivity contribution in [1.29, 1.82) is 0 Å². The maximum atomic E-state index is 12.9. The van der Waals surface area contributed by atoms with Crippen LogP contribution in [0.1, 0.15) is 47.9 Å². The molecule has 2 aromatic carbocycles. The van der Waals surface area contributed by atoms with E-state index in [1.165, 1.54) is 41.3 Å². The van der Waals surface area contributed by atoms with Gasteiger partial charge in [0.05, 0.1) is 35.3 Å². The maximum absolute atomic E-state index is 12.9. The predicted molar refractivity (Wildman–Crippen MR) is 139 cm³/mol. The molecule has 2 aliphatic rings. The van der Waals surface area contributed by atoms with Crippen molar-refractivity contribution in [3.63, 3.8) is 0 Å². The molecule has 3 amide bonds. The van der Waals surface area contributed by atoms with Gasteiger partial charge in [0.15, 0.2) is 6.61 Å². The summed E-state index contributed by atoms with van der Waals surface area (Å²) in [6.45, 7) is 5.61. The van der Waals surface area contributed by atoms with Crippen LogP contribution in [0.25, 0.3) is 0 Å². The molecule has 1 aliphatic carbocycles. The van der Waals surface area contributed by atoms with Crippen LogP contribution in [0.5, 0.6) is 0 Å². The average molecular weight is 519 g/mol. The van der Waals surface area contributed by atoms with Crippen LogP contribution < -0.4 is 10.2 Å². The SMILES string of the molecule is CC(C)COC(=O)c1ccc(NC(=O)COC(=O)c2ccc(N3C(=O)[C@@H]4[C@@H](C)C=CC[C@H]4C3=O)cc2)cc1. The Kier molecular flexibility index (Phi) is 8.05. The maximum Gasteiger partial charge on any atom is 0.338 e. The number of nitrogens with one attached hydrogen (secondary N) is 1. The van der Waals surface area contributed by atoms with Crippen molar-refractivity contribution in [1.82, 2.24) is 0 Å². The number of hydrogen-bond donors (Lipinski definition) is 1. The van der Waals surface area contributed by atoms with Gasteiger partial charge in [0.2, 0.25) is 11.8 Å². The molecule has 1 N–H and O–H groups in total. The first kappa shape index (κ1) is 26.8. The molecule has 0 bridgehead atoms. The van der Waals surface area contributed by atoms with Gasteiger partial charge in [-0.2, -0.15) is 0 Å². The molecular formula is C29H30N2O7. The molecule has 198 valence electrons. The first-order valence-electron chi connectivity index (χ1n) is 12.5. The lowest BCUT2D eigenvalue weighted by Crippen LogP contribution is -2.31. The second kappa shape index (κ2) is 11.4. The first-order valence-corrected chi connectivity index (χ1v) is 12.5. The largest absolute Gasteiger partial charge is 0.462 e. The molecule has 3 atom stereocenters. The summed E-state index contributed by atoms with van der Waals surface area (Å²) in [5, 5.41) is 2.59. The Morgan fingerprint density at radius 2 is 1.53 bits per heavy atom. The number of fused-ring (bicyclic) bond motifs is 1. The third-order valence-corrected chi connectivity index (χ3v) is 6.52. The molecule has 0 radical (unpaired) electrons. The molecule has 1 fully saturated rings. The number of nitrogens with zero attached hydrogens (tertiary/aromatic N) is 1. The van der Waals surface area contributed by atoms with E-state index in [1.807, 2.05) is 32.9 Å². The lowest BCUT2D eigenvalue weighted by atomic mass is 9.78. The number of carbonyl (C=O) groups is 5. The van der Waals surface area contributed by atoms with Crippen LogP contribution >= 0.6 is 0 Å². The smallest absolute Gasteiger partial charge is 0.338 e. The average Bonchev–Trinajstić information content (AvgIpc) is 3.16. The zero-order valence-corrected chi connectivity index (χ0v) is 21.5. The van der Waals surface area contributed by atoms with Gasteiger partial charge in [-0.05, 0) is 66.8 Å². The Morgan fingerprint density at radius 3 is 2.13 bits per heavy atom. The van der Waals surface area contributed by atoms with E-state index >= 15 is 0 Å². The zero-order chi connectivity index (χ0) is 27.4. The van der Waals surface area contributed by atoms with Crippen LogP contribution in [-0.4, -0.2) is 42.9 Å². The van der Waals surface area contributed by atoms with Gasteiger partial charge in [-0.1, -0.05) is 32.9 Å². The van der Waals surface area contributed by atoms with Crippen molar-refractivity contribution in [3.8, 4) is 0 Å². The summed E-state index contributed by atoms with van der Waals surface area (Å²) in [4.78, 5) is 63.6. The van der Waals surface area contributed by atoms with E-state index < -0.39 is 24.5 Å². The summed E-state index contributed by atoms with van der Waals surface area (Å²) >= 11 is 0. The highest BCUT2D eigenvalue weighted by Gasteiger charge is 2.50. The van der Waals surface area contributed by atoms with E-state index in [-0.39, 0.29) is 41.0 Å². The number of rotatable bonds is 8. The van der Waals surface area contributed by atoms with E-state index in [0.29, 0.717) is 30.0 Å². The van der Waals surface area contributed by atoms with Gasteiger partial charge in [0, 0.05) is 5.69 Å². The highest BCUT2D eigenvalue weighted by atomic mass is 16.5. The van der Waals surface area contributed by atoms with Gasteiger partial charge in [-0.15, -0.1) is 0 Å². The predicted octanol–water partition coefficient (Wildman–Crippen LogP) is 4.00. The number of benzene rings is 2. The van der Waals surface area contributed by atoms with Gasteiger partial charge >= 0.3 is 11.9 Å². The first-order chi connectivity index (χ1) is 18.2. The number of esters is 2. The van der Waals surface area contributed by atoms with E-state index in [2.05, 4.69) is 5.32 Å². The third kappa shape index (κ3) is 5.82. The summed E-state index contributed by atoms with van der Waals surface area (Å²) < 4.78 is 10.3. The minimum Gasteiger partial charge on any atom is -0.462 e. The Balaban J connectivity index is 1.29. The number of ether oxygens (including phenoxy) is 2. The monoisotopic (exact) mass is 518 g/mol. The summed E-state index contributed by atoms with van der Waals surface area (Å²) in [6, 6.07) is 12.1. The van der Waals surface area contributed by atoms with Crippen molar-refractivity contribution in [2.45, 2.75) is 27.2 Å². The van der Waals surface area contributed by atoms with Gasteiger partial charge in [0.1, 0.15) is 0 Å². The molecule has 0 unspecified atom stereocenters. The number of allylic oxidation sites excluding steroid dienone is 2. The minimum absolute atomic E-state index is 0.0141. The van der Waals surface area contributed by atoms with Crippen molar-refractivity contribution in [2.75, 3.05) is 23.4 Å². The highest BCUT2D eigenvalue weighted by molar-refractivity contribution is 6.22. The van der Waals surface area contributed by atoms with Crippen LogP contribution in [0.15, 0.2) is 60.7 Å². The molecule has 1 saturated heterocycles. The highest BCUT2D eigenvalue weighted by Crippen LogP contribution is 2.40. The number of amides is 3. The van der Waals surface area contributed by atoms with E-state index in [4.69, 9.17) is 9.47 Å². The zero-order valence-electron chi connectivity index (χ0n) is 21.5. The molecule has 0 saturated carbocycles. The lowest BCUT2D eigenvalue weighted by molar-refractivity contribution is -0.123. The number of imide groups is 1. The van der Waals surface area contributed by atoms with Crippen LogP contribution in [0.2, 0.25) is 0 Å². The summed E-state index contributed by atoms with van der Waals surface area (Å²) in [5.74, 6) is -2.70. The molecule has 9 heteroatoms. The quantitative estimate of drug-likeness (QED) is 0.319. The molecule has 0 spiro atoms. The molecule has 38 heavy (non-hydrogen) atoms. The van der Waals surface area contributed by atoms with Crippen molar-refractivity contribution >= 4 is 41.0 Å². The molecule has 9 nitrogen and oxygen atoms in total. The molecule has 1 heterocycles. The molecular weight excluding hydrogens is 488 g/mol. The lowest BCUT2D eigenvalue weighted by Gasteiger charge is -2.22. The van der Waals surface area contributed by atoms with Crippen molar-refractivity contribution in [3.05, 3.63) is 71.8 Å². The Morgan fingerprint density at radius 1 is 0.921 bits per heavy atom. The molecule has 2 aromatic rings. The van der Waals surface area contributed by atoms with E-state index in [1.54, 1.807) is 12.1 Å². The Hall–Kier alpha value is -4.27. The number of hydrogen-bond acceptors (Lipinski definition) is 7. The van der Waals surface area contributed by atoms with E-state index in [0.717, 1.165) is 0 Å². The summed E-state index contributed by atoms with van der Waals surface area (Å²) in [6.07, 6.45) is 4.44. The fraction of sp³-hybridized carbons (Fsp3) is 0.345. The minimum atomic E-state index is -0.722. The van der Waals surface area contributed by atoms with Gasteiger partial charge in [-0.3, -0.25) is 19.3 Å². The van der Waals surface area contributed by atoms with Crippen LogP contribution in [-0.2, 0) is 23.9 Å². The Labute approximate surface area is 220 Å². The normalized spacial score (nSPS) is 20.3. The Bertz CT molecular complexity index is 1260.